The van der Waals surface area contributed by atoms with E-state index in [0.717, 1.165) is 5.69 Å². The lowest BCUT2D eigenvalue weighted by atomic mass is 10.1. The number of ether oxygens (including phenoxy) is 1. The normalized spacial score (nSPS) is 22.3. The molecule has 19 heavy (non-hydrogen) atoms. The summed E-state index contributed by atoms with van der Waals surface area (Å²) in [6.45, 7) is 0.534. The van der Waals surface area contributed by atoms with Gasteiger partial charge in [0.25, 0.3) is 0 Å². The fraction of sp³-hybridized carbons (Fsp3) is 0.385. The second kappa shape index (κ2) is 5.59. The molecule has 1 aromatic carbocycles. The predicted molar refractivity (Wildman–Crippen MR) is 73.0 cm³/mol. The molecule has 0 bridgehead atoms. The third-order valence-corrected chi connectivity index (χ3v) is 3.94. The molecule has 1 aromatic rings. The van der Waals surface area contributed by atoms with E-state index in [2.05, 4.69) is 22.0 Å². The monoisotopic (exact) mass is 324 g/mol. The highest BCUT2D eigenvalue weighted by Crippen LogP contribution is 2.30. The molecule has 1 N–H and O–H groups in total. The van der Waals surface area contributed by atoms with Gasteiger partial charge in [-0.1, -0.05) is 0 Å². The highest BCUT2D eigenvalue weighted by atomic mass is 79.9. The Morgan fingerprint density at radius 1 is 1.63 bits per heavy atom. The van der Waals surface area contributed by atoms with Gasteiger partial charge in [0.2, 0.25) is 0 Å². The molecule has 2 unspecified atom stereocenters. The van der Waals surface area contributed by atoms with E-state index in [9.17, 15) is 9.90 Å². The average molecular weight is 325 g/mol. The van der Waals surface area contributed by atoms with Gasteiger partial charge >= 0.3 is 5.97 Å². The van der Waals surface area contributed by atoms with E-state index < -0.39 is 12.0 Å². The van der Waals surface area contributed by atoms with E-state index in [1.54, 1.807) is 30.2 Å². The van der Waals surface area contributed by atoms with Gasteiger partial charge in [-0.2, -0.15) is 5.26 Å². The van der Waals surface area contributed by atoms with E-state index in [4.69, 9.17) is 10.00 Å². The van der Waals surface area contributed by atoms with Crippen LogP contribution in [0.1, 0.15) is 12.0 Å². The van der Waals surface area contributed by atoms with Crippen LogP contribution in [0, 0.1) is 11.3 Å². The standard InChI is InChI=1S/C13H13BrN2O3/c1-19-10-5-12(13(17)18)16(7-10)9-3-2-8(6-15)11(14)4-9/h2-4,10,12H,5,7H2,1H3,(H,17,18). The number of carbonyl (C=O) groups is 1. The number of nitriles is 1. The summed E-state index contributed by atoms with van der Waals surface area (Å²) in [6.07, 6.45) is 0.374. The molecule has 0 spiro atoms. The molecule has 5 nitrogen and oxygen atoms in total. The highest BCUT2D eigenvalue weighted by Gasteiger charge is 2.37. The summed E-state index contributed by atoms with van der Waals surface area (Å²) in [5.41, 5.74) is 1.30. The zero-order valence-corrected chi connectivity index (χ0v) is 11.9. The Kier molecular flexibility index (Phi) is 4.08. The molecule has 2 rings (SSSR count). The van der Waals surface area contributed by atoms with Crippen LogP contribution in [0.15, 0.2) is 22.7 Å². The second-order valence-electron chi connectivity index (χ2n) is 4.38. The minimum atomic E-state index is -0.861. The van der Waals surface area contributed by atoms with Crippen LogP contribution in [-0.2, 0) is 9.53 Å². The third-order valence-electron chi connectivity index (χ3n) is 3.29. The molecule has 0 aliphatic carbocycles. The summed E-state index contributed by atoms with van der Waals surface area (Å²) in [6, 6.07) is 6.68. The smallest absolute Gasteiger partial charge is 0.326 e. The maximum atomic E-state index is 11.3. The van der Waals surface area contributed by atoms with Crippen LogP contribution in [0.2, 0.25) is 0 Å². The van der Waals surface area contributed by atoms with Gasteiger partial charge in [0.05, 0.1) is 11.7 Å². The Bertz CT molecular complexity index is 541. The molecule has 0 radical (unpaired) electrons. The number of rotatable bonds is 3. The lowest BCUT2D eigenvalue weighted by molar-refractivity contribution is -0.138. The number of halogens is 1. The molecule has 1 heterocycles. The summed E-state index contributed by atoms with van der Waals surface area (Å²) in [5, 5.41) is 18.2. The van der Waals surface area contributed by atoms with Crippen LogP contribution >= 0.6 is 15.9 Å². The molecule has 0 saturated carbocycles. The minimum Gasteiger partial charge on any atom is -0.480 e. The minimum absolute atomic E-state index is 0.0875. The first-order valence-electron chi connectivity index (χ1n) is 5.78. The Balaban J connectivity index is 2.32. The average Bonchev–Trinajstić information content (AvgIpc) is 2.83. The molecular formula is C13H13BrN2O3. The van der Waals surface area contributed by atoms with Gasteiger partial charge in [0, 0.05) is 30.2 Å². The first-order chi connectivity index (χ1) is 9.06. The fourth-order valence-electron chi connectivity index (χ4n) is 2.26. The Morgan fingerprint density at radius 2 is 2.37 bits per heavy atom. The van der Waals surface area contributed by atoms with Crippen molar-refractivity contribution in [1.82, 2.24) is 0 Å². The number of anilines is 1. The van der Waals surface area contributed by atoms with E-state index in [1.165, 1.54) is 0 Å². The SMILES string of the molecule is COC1CC(C(=O)O)N(c2ccc(C#N)c(Br)c2)C1. The molecule has 100 valence electrons. The quantitative estimate of drug-likeness (QED) is 0.920. The number of hydrogen-bond donors (Lipinski definition) is 1. The molecule has 1 saturated heterocycles. The second-order valence-corrected chi connectivity index (χ2v) is 5.23. The summed E-state index contributed by atoms with van der Waals surface area (Å²) >= 11 is 3.32. The zero-order valence-electron chi connectivity index (χ0n) is 10.3. The van der Waals surface area contributed by atoms with E-state index in [1.807, 2.05) is 0 Å². The van der Waals surface area contributed by atoms with Gasteiger partial charge in [-0.05, 0) is 34.1 Å². The fourth-order valence-corrected chi connectivity index (χ4v) is 2.72. The summed E-state index contributed by atoms with van der Waals surface area (Å²) in [5.74, 6) is -0.861. The number of nitrogens with zero attached hydrogens (tertiary/aromatic N) is 2. The number of aliphatic carboxylic acids is 1. The van der Waals surface area contributed by atoms with Crippen molar-refractivity contribution in [3.8, 4) is 6.07 Å². The number of carboxylic acids is 1. The molecule has 0 aromatic heterocycles. The van der Waals surface area contributed by atoms with E-state index in [-0.39, 0.29) is 6.10 Å². The number of benzene rings is 1. The van der Waals surface area contributed by atoms with Gasteiger partial charge in [-0.15, -0.1) is 0 Å². The van der Waals surface area contributed by atoms with Crippen molar-refractivity contribution in [3.05, 3.63) is 28.2 Å². The summed E-state index contributed by atoms with van der Waals surface area (Å²) in [7, 11) is 1.59. The van der Waals surface area contributed by atoms with Crippen LogP contribution in [0.5, 0.6) is 0 Å². The van der Waals surface area contributed by atoms with Gasteiger partial charge in [0.15, 0.2) is 0 Å². The van der Waals surface area contributed by atoms with Crippen LogP contribution in [0.4, 0.5) is 5.69 Å². The summed E-state index contributed by atoms with van der Waals surface area (Å²) < 4.78 is 5.91. The molecular weight excluding hydrogens is 312 g/mol. The number of methoxy groups -OCH3 is 1. The van der Waals surface area contributed by atoms with Crippen molar-refractivity contribution in [2.45, 2.75) is 18.6 Å². The van der Waals surface area contributed by atoms with Crippen LogP contribution in [-0.4, -0.2) is 36.9 Å². The van der Waals surface area contributed by atoms with Gasteiger partial charge in [0.1, 0.15) is 12.1 Å². The Morgan fingerprint density at radius 3 is 2.89 bits per heavy atom. The van der Waals surface area contributed by atoms with Crippen molar-refractivity contribution in [1.29, 1.82) is 5.26 Å². The van der Waals surface area contributed by atoms with Crippen molar-refractivity contribution in [2.75, 3.05) is 18.6 Å². The Labute approximate surface area is 119 Å². The largest absolute Gasteiger partial charge is 0.480 e. The van der Waals surface area contributed by atoms with Gasteiger partial charge in [-0.25, -0.2) is 4.79 Å². The first kappa shape index (κ1) is 13.8. The van der Waals surface area contributed by atoms with Crippen molar-refractivity contribution in [2.24, 2.45) is 0 Å². The van der Waals surface area contributed by atoms with Gasteiger partial charge in [-0.3, -0.25) is 0 Å². The molecule has 6 heteroatoms. The van der Waals surface area contributed by atoms with Crippen LogP contribution < -0.4 is 4.90 Å². The molecule has 2 atom stereocenters. The lowest BCUT2D eigenvalue weighted by Gasteiger charge is -2.23. The van der Waals surface area contributed by atoms with Crippen molar-refractivity contribution in [3.63, 3.8) is 0 Å². The number of hydrogen-bond acceptors (Lipinski definition) is 4. The van der Waals surface area contributed by atoms with E-state index in [0.29, 0.717) is 23.0 Å². The van der Waals surface area contributed by atoms with Crippen molar-refractivity contribution >= 4 is 27.6 Å². The predicted octanol–water partition coefficient (Wildman–Crippen LogP) is 2.00. The summed E-state index contributed by atoms with van der Waals surface area (Å²) in [4.78, 5) is 13.1. The van der Waals surface area contributed by atoms with Crippen LogP contribution in [0.3, 0.4) is 0 Å². The van der Waals surface area contributed by atoms with Gasteiger partial charge < -0.3 is 14.7 Å². The van der Waals surface area contributed by atoms with Crippen LogP contribution in [0.25, 0.3) is 0 Å². The molecule has 1 fully saturated rings. The topological polar surface area (TPSA) is 73.6 Å². The Hall–Kier alpha value is -1.58. The first-order valence-corrected chi connectivity index (χ1v) is 6.58. The van der Waals surface area contributed by atoms with E-state index >= 15 is 0 Å². The van der Waals surface area contributed by atoms with Crippen molar-refractivity contribution < 1.29 is 14.6 Å². The molecule has 0 amide bonds. The zero-order chi connectivity index (χ0) is 14.0. The molecule has 1 aliphatic heterocycles. The molecule has 1 aliphatic rings. The number of carboxylic acid groups (broad SMARTS) is 1. The lowest BCUT2D eigenvalue weighted by Crippen LogP contribution is -2.36. The maximum absolute atomic E-state index is 11.3. The maximum Gasteiger partial charge on any atom is 0.326 e. The third kappa shape index (κ3) is 2.72. The highest BCUT2D eigenvalue weighted by molar-refractivity contribution is 9.10.